The zero-order valence-electron chi connectivity index (χ0n) is 44.3. The van der Waals surface area contributed by atoms with E-state index in [4.69, 9.17) is 0 Å². The lowest BCUT2D eigenvalue weighted by Gasteiger charge is -2.50. The molecule has 0 aromatic heterocycles. The molecule has 8 heteroatoms. The molecule has 80 heavy (non-hydrogen) atoms. The molecule has 6 nitrogen and oxygen atoms in total. The average Bonchev–Trinajstić information content (AvgIpc) is 3.69. The molecule has 6 heterocycles. The molecule has 6 aliphatic rings. The second-order valence-corrected chi connectivity index (χ2v) is 22.2. The lowest BCUT2D eigenvalue weighted by Crippen LogP contribution is -2.65. The Labute approximate surface area is 468 Å². The molecule has 0 unspecified atom stereocenters. The fourth-order valence-corrected chi connectivity index (χ4v) is 14.9. The summed E-state index contributed by atoms with van der Waals surface area (Å²) >= 11 is 0. The van der Waals surface area contributed by atoms with E-state index in [9.17, 15) is 0 Å². The Bertz CT molecular complexity index is 4200. The molecule has 0 aliphatic carbocycles. The van der Waals surface area contributed by atoms with Gasteiger partial charge in [0.25, 0.3) is 13.4 Å². The lowest BCUT2D eigenvalue weighted by atomic mass is 9.30. The van der Waals surface area contributed by atoms with E-state index in [1.165, 1.54) is 106 Å². The Morgan fingerprint density at radius 1 is 0.287 bits per heavy atom. The highest BCUT2D eigenvalue weighted by Crippen LogP contribution is 2.55. The van der Waals surface area contributed by atoms with Crippen LogP contribution in [0.15, 0.2) is 255 Å². The van der Waals surface area contributed by atoms with Crippen LogP contribution in [0.1, 0.15) is 24.0 Å². The molecule has 6 aliphatic heterocycles. The summed E-state index contributed by atoms with van der Waals surface area (Å²) in [6.45, 7) is 2.04. The van der Waals surface area contributed by atoms with Crippen LogP contribution < -0.4 is 62.2 Å². The predicted molar refractivity (Wildman–Crippen MR) is 338 cm³/mol. The van der Waals surface area contributed by atoms with E-state index >= 15 is 0 Å². The van der Waals surface area contributed by atoms with Crippen LogP contribution in [0.25, 0.3) is 0 Å². The Kier molecular flexibility index (Phi) is 10.2. The number of anilines is 16. The Balaban J connectivity index is 1.01. The van der Waals surface area contributed by atoms with E-state index in [0.717, 1.165) is 67.2 Å². The van der Waals surface area contributed by atoms with Gasteiger partial charge < -0.3 is 29.4 Å². The van der Waals surface area contributed by atoms with Crippen LogP contribution in [0.3, 0.4) is 0 Å². The molecule has 17 rings (SSSR count). The van der Waals surface area contributed by atoms with E-state index in [2.05, 4.69) is 284 Å². The van der Waals surface area contributed by atoms with Crippen molar-refractivity contribution in [1.29, 1.82) is 0 Å². The van der Waals surface area contributed by atoms with Gasteiger partial charge in [-0.05, 0) is 173 Å². The molecule has 0 fully saturated rings. The van der Waals surface area contributed by atoms with Crippen molar-refractivity contribution in [3.63, 3.8) is 0 Å². The van der Waals surface area contributed by atoms with Crippen molar-refractivity contribution >= 4 is 137 Å². The van der Waals surface area contributed by atoms with Gasteiger partial charge in [-0.2, -0.15) is 0 Å². The first-order chi connectivity index (χ1) is 39.8. The van der Waals surface area contributed by atoms with Crippen molar-refractivity contribution in [2.75, 3.05) is 42.5 Å². The highest BCUT2D eigenvalue weighted by atomic mass is 15.2. The van der Waals surface area contributed by atoms with Gasteiger partial charge in [0.1, 0.15) is 0 Å². The quantitative estimate of drug-likeness (QED) is 0.147. The average molecular weight is 1020 g/mol. The molecule has 11 aromatic carbocycles. The molecule has 0 saturated heterocycles. The number of benzene rings is 11. The third-order valence-electron chi connectivity index (χ3n) is 17.9. The topological polar surface area (TPSA) is 19.4 Å². The number of nitrogens with zero attached hydrogens (tertiary/aromatic N) is 6. The monoisotopic (exact) mass is 1020 g/mol. The van der Waals surface area contributed by atoms with Crippen LogP contribution in [-0.4, -0.2) is 26.5 Å². The van der Waals surface area contributed by atoms with Gasteiger partial charge in [0.2, 0.25) is 0 Å². The van der Waals surface area contributed by atoms with Crippen molar-refractivity contribution in [2.45, 2.75) is 25.7 Å². The standard InChI is InChI=1S/C72H54B2N6/c1-7-25-49(26-8-1)76(50-27-9-2-10-28-50)55-45-66-68-67(46-55)78(52-31-13-4-14-32-52)64-48-65-61(47-60(64)73(68)58-39-19-21-41-62(58)77(66)51-29-11-3-12-30-51)74-59-40-20-22-42-63(59)79(53-33-15-5-16-34-53)71-56-37-23-43-75-44-24-38-57(70(56)75)72(69(71)74)80(65)54-35-17-6-18-36-54/h1-22,25-36,39-42,45-48H,23-24,37-38,43-44H2. The van der Waals surface area contributed by atoms with Crippen LogP contribution in [0, 0.1) is 0 Å². The second-order valence-electron chi connectivity index (χ2n) is 22.2. The maximum Gasteiger partial charge on any atom is 0.252 e. The summed E-state index contributed by atoms with van der Waals surface area (Å²) in [7, 11) is 0. The third kappa shape index (κ3) is 6.62. The zero-order chi connectivity index (χ0) is 52.4. The highest BCUT2D eigenvalue weighted by Gasteiger charge is 2.51. The number of hydrogen-bond acceptors (Lipinski definition) is 6. The summed E-state index contributed by atoms with van der Waals surface area (Å²) < 4.78 is 0. The molecular weight excluding hydrogens is 970 g/mol. The maximum atomic E-state index is 2.75. The van der Waals surface area contributed by atoms with Crippen LogP contribution >= 0.6 is 0 Å². The number of para-hydroxylation sites is 8. The van der Waals surface area contributed by atoms with Gasteiger partial charge in [0, 0.05) is 98.4 Å². The largest absolute Gasteiger partial charge is 0.371 e. The van der Waals surface area contributed by atoms with Crippen LogP contribution in [-0.2, 0) is 12.8 Å². The molecule has 0 N–H and O–H groups in total. The smallest absolute Gasteiger partial charge is 0.252 e. The van der Waals surface area contributed by atoms with Gasteiger partial charge in [-0.1, -0.05) is 152 Å². The first-order valence-electron chi connectivity index (χ1n) is 28.6. The van der Waals surface area contributed by atoms with Crippen molar-refractivity contribution < 1.29 is 0 Å². The predicted octanol–water partition coefficient (Wildman–Crippen LogP) is 14.0. The molecular formula is C72H54B2N6. The fraction of sp³-hybridized carbons (Fsp3) is 0.0833. The minimum atomic E-state index is -0.101. The molecule has 11 aromatic rings. The van der Waals surface area contributed by atoms with Gasteiger partial charge in [-0.25, -0.2) is 0 Å². The summed E-state index contributed by atoms with van der Waals surface area (Å²) in [5.74, 6) is 0. The normalized spacial score (nSPS) is 14.8. The summed E-state index contributed by atoms with van der Waals surface area (Å²) in [6.07, 6.45) is 4.37. The van der Waals surface area contributed by atoms with Gasteiger partial charge in [-0.15, -0.1) is 0 Å². The van der Waals surface area contributed by atoms with E-state index in [-0.39, 0.29) is 13.4 Å². The number of rotatable bonds is 7. The lowest BCUT2D eigenvalue weighted by molar-refractivity contribution is 0.635. The zero-order valence-corrected chi connectivity index (χ0v) is 44.3. The Hall–Kier alpha value is -9.65. The Morgan fingerprint density at radius 3 is 1.15 bits per heavy atom. The van der Waals surface area contributed by atoms with Crippen molar-refractivity contribution in [2.24, 2.45) is 0 Å². The summed E-state index contributed by atoms with van der Waals surface area (Å²) in [5, 5.41) is 0. The first-order valence-corrected chi connectivity index (χ1v) is 28.6. The van der Waals surface area contributed by atoms with Crippen molar-refractivity contribution in [3.05, 3.63) is 266 Å². The van der Waals surface area contributed by atoms with E-state index in [1.807, 2.05) is 0 Å². The molecule has 0 amide bonds. The van der Waals surface area contributed by atoms with Crippen molar-refractivity contribution in [3.8, 4) is 0 Å². The third-order valence-corrected chi connectivity index (χ3v) is 17.9. The minimum Gasteiger partial charge on any atom is -0.371 e. The fourth-order valence-electron chi connectivity index (χ4n) is 14.9. The summed E-state index contributed by atoms with van der Waals surface area (Å²) in [6, 6.07) is 95.2. The number of hydrogen-bond donors (Lipinski definition) is 0. The molecule has 0 spiro atoms. The van der Waals surface area contributed by atoms with E-state index < -0.39 is 0 Å². The van der Waals surface area contributed by atoms with Crippen LogP contribution in [0.4, 0.5) is 91.0 Å². The van der Waals surface area contributed by atoms with Gasteiger partial charge in [0.15, 0.2) is 0 Å². The maximum absolute atomic E-state index is 2.75. The van der Waals surface area contributed by atoms with E-state index in [0.29, 0.717) is 0 Å². The number of fused-ring (bicyclic) bond motifs is 10. The van der Waals surface area contributed by atoms with E-state index in [1.54, 1.807) is 0 Å². The molecule has 0 atom stereocenters. The summed E-state index contributed by atoms with van der Waals surface area (Å²) in [4.78, 5) is 15.7. The Morgan fingerprint density at radius 2 is 0.662 bits per heavy atom. The van der Waals surface area contributed by atoms with Crippen LogP contribution in [0.5, 0.6) is 0 Å². The van der Waals surface area contributed by atoms with Gasteiger partial charge in [-0.3, -0.25) is 0 Å². The summed E-state index contributed by atoms with van der Waals surface area (Å²) in [5.41, 5.74) is 30.4. The van der Waals surface area contributed by atoms with Gasteiger partial charge >= 0.3 is 0 Å². The second kappa shape index (κ2) is 17.9. The molecule has 0 bridgehead atoms. The highest BCUT2D eigenvalue weighted by molar-refractivity contribution is 7.03. The molecule has 378 valence electrons. The van der Waals surface area contributed by atoms with Gasteiger partial charge in [0.05, 0.1) is 5.69 Å². The van der Waals surface area contributed by atoms with Crippen LogP contribution in [0.2, 0.25) is 0 Å². The van der Waals surface area contributed by atoms with Crippen molar-refractivity contribution in [1.82, 2.24) is 0 Å². The first kappa shape index (κ1) is 45.4. The SMILES string of the molecule is c1ccc(N(c2ccccc2)c2cc3c4c(c2)N(c2ccccc2)c2cc5c(cc2B4c2ccccc2N3c2ccccc2)B2c3ccccc3N(c3ccccc3)c3c4c6c(c(c32)N5c2ccccc2)CCCN6CCC4)cc1. The minimum absolute atomic E-state index is 0.0337. The molecule has 0 saturated carbocycles. The molecule has 0 radical (unpaired) electrons.